The summed E-state index contributed by atoms with van der Waals surface area (Å²) in [5.74, 6) is 0.348. The van der Waals surface area contributed by atoms with Gasteiger partial charge in [0, 0.05) is 19.2 Å². The number of amides is 2. The SMILES string of the molecule is Cc1cc(NC(=O)CN(C)C(=O)C=Cc2ccccc2)no1. The lowest BCUT2D eigenvalue weighted by atomic mass is 10.2. The van der Waals surface area contributed by atoms with Crippen LogP contribution in [0.4, 0.5) is 5.82 Å². The minimum absolute atomic E-state index is 0.0656. The Labute approximate surface area is 128 Å². The van der Waals surface area contributed by atoms with E-state index in [0.29, 0.717) is 11.6 Å². The number of carbonyl (C=O) groups is 2. The molecule has 0 aliphatic rings. The van der Waals surface area contributed by atoms with Crippen LogP contribution in [0.25, 0.3) is 6.08 Å². The van der Waals surface area contributed by atoms with E-state index in [1.165, 1.54) is 11.0 Å². The molecule has 1 aromatic carbocycles. The summed E-state index contributed by atoms with van der Waals surface area (Å²) >= 11 is 0. The van der Waals surface area contributed by atoms with Gasteiger partial charge in [0.15, 0.2) is 5.82 Å². The predicted octanol–water partition coefficient (Wildman–Crippen LogP) is 2.09. The number of aromatic nitrogens is 1. The van der Waals surface area contributed by atoms with Crippen LogP contribution >= 0.6 is 0 Å². The molecule has 0 atom stereocenters. The second-order valence-electron chi connectivity index (χ2n) is 4.81. The van der Waals surface area contributed by atoms with Crippen molar-refractivity contribution in [1.82, 2.24) is 10.1 Å². The van der Waals surface area contributed by atoms with Gasteiger partial charge in [-0.3, -0.25) is 9.59 Å². The zero-order chi connectivity index (χ0) is 15.9. The van der Waals surface area contributed by atoms with E-state index in [9.17, 15) is 9.59 Å². The summed E-state index contributed by atoms with van der Waals surface area (Å²) in [6.07, 6.45) is 3.14. The third-order valence-electron chi connectivity index (χ3n) is 2.87. The van der Waals surface area contributed by atoms with E-state index in [4.69, 9.17) is 4.52 Å². The van der Waals surface area contributed by atoms with Crippen molar-refractivity contribution in [2.75, 3.05) is 18.9 Å². The first-order chi connectivity index (χ1) is 10.5. The number of rotatable bonds is 5. The van der Waals surface area contributed by atoms with Crippen LogP contribution in [0.15, 0.2) is 47.0 Å². The van der Waals surface area contributed by atoms with E-state index < -0.39 is 0 Å². The zero-order valence-corrected chi connectivity index (χ0v) is 12.4. The lowest BCUT2D eigenvalue weighted by Crippen LogP contribution is -2.33. The van der Waals surface area contributed by atoms with Crippen molar-refractivity contribution < 1.29 is 14.1 Å². The molecule has 0 radical (unpaired) electrons. The Balaban J connectivity index is 1.85. The molecule has 114 valence electrons. The Morgan fingerprint density at radius 1 is 1.32 bits per heavy atom. The summed E-state index contributed by atoms with van der Waals surface area (Å²) in [6, 6.07) is 11.1. The average Bonchev–Trinajstić information content (AvgIpc) is 2.90. The first-order valence-electron chi connectivity index (χ1n) is 6.76. The summed E-state index contributed by atoms with van der Waals surface area (Å²) in [5.41, 5.74) is 0.923. The van der Waals surface area contributed by atoms with Crippen LogP contribution in [0.5, 0.6) is 0 Å². The van der Waals surface area contributed by atoms with Gasteiger partial charge < -0.3 is 14.7 Å². The molecular formula is C16H17N3O3. The standard InChI is InChI=1S/C16H17N3O3/c1-12-10-14(18-22-12)17-15(20)11-19(2)16(21)9-8-13-6-4-3-5-7-13/h3-10H,11H2,1-2H3,(H,17,18,20). The minimum atomic E-state index is -0.336. The van der Waals surface area contributed by atoms with E-state index in [1.54, 1.807) is 26.1 Å². The first-order valence-corrected chi connectivity index (χ1v) is 6.76. The second-order valence-corrected chi connectivity index (χ2v) is 4.81. The number of anilines is 1. The van der Waals surface area contributed by atoms with Crippen LogP contribution in [0.2, 0.25) is 0 Å². The highest BCUT2D eigenvalue weighted by atomic mass is 16.5. The van der Waals surface area contributed by atoms with Crippen LogP contribution in [-0.2, 0) is 9.59 Å². The average molecular weight is 299 g/mol. The fourth-order valence-corrected chi connectivity index (χ4v) is 1.76. The Hall–Kier alpha value is -2.89. The van der Waals surface area contributed by atoms with E-state index in [2.05, 4.69) is 10.5 Å². The van der Waals surface area contributed by atoms with Gasteiger partial charge in [0.1, 0.15) is 5.76 Å². The third kappa shape index (κ3) is 4.59. The quantitative estimate of drug-likeness (QED) is 0.858. The van der Waals surface area contributed by atoms with Gasteiger partial charge in [-0.15, -0.1) is 0 Å². The van der Waals surface area contributed by atoms with Crippen molar-refractivity contribution in [2.45, 2.75) is 6.92 Å². The molecule has 0 bridgehead atoms. The van der Waals surface area contributed by atoms with Crippen molar-refractivity contribution >= 4 is 23.7 Å². The molecule has 1 heterocycles. The maximum Gasteiger partial charge on any atom is 0.246 e. The summed E-state index contributed by atoms with van der Waals surface area (Å²) in [5, 5.41) is 6.22. The second kappa shape index (κ2) is 7.21. The Morgan fingerprint density at radius 2 is 2.05 bits per heavy atom. The number of nitrogens with zero attached hydrogens (tertiary/aromatic N) is 2. The fraction of sp³-hybridized carbons (Fsp3) is 0.188. The highest BCUT2D eigenvalue weighted by Gasteiger charge is 2.12. The molecule has 1 N–H and O–H groups in total. The molecule has 0 saturated carbocycles. The van der Waals surface area contributed by atoms with Gasteiger partial charge in [-0.2, -0.15) is 0 Å². The Kier molecular flexibility index (Phi) is 5.08. The number of hydrogen-bond acceptors (Lipinski definition) is 4. The predicted molar refractivity (Wildman–Crippen MR) is 83.0 cm³/mol. The molecule has 2 rings (SSSR count). The maximum atomic E-state index is 11.9. The smallest absolute Gasteiger partial charge is 0.246 e. The topological polar surface area (TPSA) is 75.4 Å². The summed E-state index contributed by atoms with van der Waals surface area (Å²) in [7, 11) is 1.56. The maximum absolute atomic E-state index is 11.9. The fourth-order valence-electron chi connectivity index (χ4n) is 1.76. The third-order valence-corrected chi connectivity index (χ3v) is 2.87. The highest BCUT2D eigenvalue weighted by Crippen LogP contribution is 2.07. The van der Waals surface area contributed by atoms with Gasteiger partial charge in [-0.25, -0.2) is 0 Å². The normalized spacial score (nSPS) is 10.6. The van der Waals surface area contributed by atoms with Crippen LogP contribution < -0.4 is 5.32 Å². The van der Waals surface area contributed by atoms with Crippen LogP contribution in [0, 0.1) is 6.92 Å². The van der Waals surface area contributed by atoms with E-state index in [0.717, 1.165) is 5.56 Å². The monoisotopic (exact) mass is 299 g/mol. The zero-order valence-electron chi connectivity index (χ0n) is 12.4. The highest BCUT2D eigenvalue weighted by molar-refractivity contribution is 5.97. The number of aryl methyl sites for hydroxylation is 1. The lowest BCUT2D eigenvalue weighted by molar-refractivity contribution is -0.129. The Bertz CT molecular complexity index is 677. The number of likely N-dealkylation sites (N-methyl/N-ethyl adjacent to an activating group) is 1. The molecule has 0 aliphatic carbocycles. The molecule has 6 heteroatoms. The summed E-state index contributed by atoms with van der Waals surface area (Å²) in [4.78, 5) is 25.1. The van der Waals surface area contributed by atoms with E-state index >= 15 is 0 Å². The molecule has 0 aliphatic heterocycles. The minimum Gasteiger partial charge on any atom is -0.360 e. The molecule has 1 aromatic heterocycles. The Morgan fingerprint density at radius 3 is 2.68 bits per heavy atom. The van der Waals surface area contributed by atoms with Gasteiger partial charge in [-0.05, 0) is 18.6 Å². The van der Waals surface area contributed by atoms with Gasteiger partial charge in [0.2, 0.25) is 11.8 Å². The van der Waals surface area contributed by atoms with Gasteiger partial charge in [-0.1, -0.05) is 35.5 Å². The molecule has 0 fully saturated rings. The van der Waals surface area contributed by atoms with E-state index in [-0.39, 0.29) is 18.4 Å². The number of hydrogen-bond donors (Lipinski definition) is 1. The molecular weight excluding hydrogens is 282 g/mol. The van der Waals surface area contributed by atoms with Crippen molar-refractivity contribution in [3.8, 4) is 0 Å². The first kappa shape index (κ1) is 15.5. The molecule has 2 amide bonds. The van der Waals surface area contributed by atoms with Crippen molar-refractivity contribution in [3.63, 3.8) is 0 Å². The van der Waals surface area contributed by atoms with Gasteiger partial charge in [0.05, 0.1) is 6.54 Å². The van der Waals surface area contributed by atoms with Crippen molar-refractivity contribution in [3.05, 3.63) is 53.8 Å². The van der Waals surface area contributed by atoms with Crippen LogP contribution in [0.1, 0.15) is 11.3 Å². The lowest BCUT2D eigenvalue weighted by Gasteiger charge is -2.13. The molecule has 22 heavy (non-hydrogen) atoms. The number of benzene rings is 1. The van der Waals surface area contributed by atoms with Crippen molar-refractivity contribution in [2.24, 2.45) is 0 Å². The molecule has 2 aromatic rings. The number of nitrogens with one attached hydrogen (secondary N) is 1. The number of carbonyl (C=O) groups excluding carboxylic acids is 2. The molecule has 0 saturated heterocycles. The van der Waals surface area contributed by atoms with E-state index in [1.807, 2.05) is 30.3 Å². The van der Waals surface area contributed by atoms with Crippen LogP contribution in [0.3, 0.4) is 0 Å². The van der Waals surface area contributed by atoms with Crippen LogP contribution in [-0.4, -0.2) is 35.5 Å². The van der Waals surface area contributed by atoms with Gasteiger partial charge >= 0.3 is 0 Å². The van der Waals surface area contributed by atoms with Crippen molar-refractivity contribution in [1.29, 1.82) is 0 Å². The van der Waals surface area contributed by atoms with Gasteiger partial charge in [0.25, 0.3) is 0 Å². The molecule has 6 nitrogen and oxygen atoms in total. The molecule has 0 spiro atoms. The summed E-state index contributed by atoms with van der Waals surface area (Å²) < 4.78 is 4.85. The molecule has 0 unspecified atom stereocenters. The largest absolute Gasteiger partial charge is 0.360 e. The summed E-state index contributed by atoms with van der Waals surface area (Å²) in [6.45, 7) is 1.66.